The van der Waals surface area contributed by atoms with Crippen molar-refractivity contribution in [2.24, 2.45) is 5.10 Å². The Balaban J connectivity index is 1.77. The third kappa shape index (κ3) is 3.77. The van der Waals surface area contributed by atoms with E-state index in [0.717, 1.165) is 16.9 Å². The van der Waals surface area contributed by atoms with Crippen LogP contribution in [0.3, 0.4) is 0 Å². The van der Waals surface area contributed by atoms with E-state index >= 15 is 0 Å². The third-order valence-corrected chi connectivity index (χ3v) is 4.68. The molecule has 3 N–H and O–H groups in total. The van der Waals surface area contributed by atoms with Gasteiger partial charge in [0.25, 0.3) is 5.91 Å². The molecule has 0 saturated carbocycles. The first-order chi connectivity index (χ1) is 11.7. The summed E-state index contributed by atoms with van der Waals surface area (Å²) in [7, 11) is 0. The lowest BCUT2D eigenvalue weighted by Gasteiger charge is -2.37. The van der Waals surface area contributed by atoms with Crippen LogP contribution in [0.25, 0.3) is 0 Å². The first kappa shape index (κ1) is 16.5. The van der Waals surface area contributed by atoms with Gasteiger partial charge in [0.05, 0.1) is 0 Å². The first-order valence-corrected chi connectivity index (χ1v) is 8.87. The van der Waals surface area contributed by atoms with E-state index in [9.17, 15) is 4.79 Å². The maximum atomic E-state index is 12.6. The van der Waals surface area contributed by atoms with Gasteiger partial charge < -0.3 is 5.32 Å². The molecule has 0 aliphatic carbocycles. The lowest BCUT2D eigenvalue weighted by molar-refractivity contribution is -0.116. The number of nitrogens with zero attached hydrogens (tertiary/aromatic N) is 1. The van der Waals surface area contributed by atoms with Crippen LogP contribution in [-0.4, -0.2) is 22.5 Å². The molecule has 3 rings (SSSR count). The zero-order chi connectivity index (χ0) is 16.8. The van der Waals surface area contributed by atoms with Crippen molar-refractivity contribution >= 4 is 23.4 Å². The van der Waals surface area contributed by atoms with Crippen LogP contribution in [0, 0.1) is 0 Å². The van der Waals surface area contributed by atoms with Crippen LogP contribution in [0.15, 0.2) is 65.8 Å². The minimum atomic E-state index is -0.806. The number of carbonyl (C=O) groups is 1. The van der Waals surface area contributed by atoms with Gasteiger partial charge in [0.15, 0.2) is 5.71 Å². The molecular formula is C18H20N4OS. The van der Waals surface area contributed by atoms with Crippen LogP contribution in [0.1, 0.15) is 18.1 Å². The summed E-state index contributed by atoms with van der Waals surface area (Å²) in [4.78, 5) is 12.6. The highest BCUT2D eigenvalue weighted by Gasteiger charge is 2.36. The van der Waals surface area contributed by atoms with Crippen molar-refractivity contribution in [1.29, 1.82) is 0 Å². The average molecular weight is 340 g/mol. The van der Waals surface area contributed by atoms with Crippen molar-refractivity contribution in [2.75, 3.05) is 5.75 Å². The van der Waals surface area contributed by atoms with E-state index in [1.54, 1.807) is 11.8 Å². The van der Waals surface area contributed by atoms with Gasteiger partial charge >= 0.3 is 0 Å². The molecule has 0 unspecified atom stereocenters. The second-order valence-electron chi connectivity index (χ2n) is 5.35. The molecule has 0 aromatic heterocycles. The van der Waals surface area contributed by atoms with Gasteiger partial charge in [-0.25, -0.2) is 0 Å². The zero-order valence-corrected chi connectivity index (χ0v) is 14.3. The summed E-state index contributed by atoms with van der Waals surface area (Å²) in [6, 6.07) is 19.5. The Morgan fingerprint density at radius 2 is 1.75 bits per heavy atom. The predicted molar refractivity (Wildman–Crippen MR) is 98.4 cm³/mol. The predicted octanol–water partition coefficient (Wildman–Crippen LogP) is 2.26. The van der Waals surface area contributed by atoms with E-state index in [1.165, 1.54) is 0 Å². The van der Waals surface area contributed by atoms with Crippen LogP contribution >= 0.6 is 11.8 Å². The summed E-state index contributed by atoms with van der Waals surface area (Å²) in [5, 5.41) is 9.92. The minimum Gasteiger partial charge on any atom is -0.305 e. The number of hydrazone groups is 1. The fourth-order valence-electron chi connectivity index (χ4n) is 2.47. The van der Waals surface area contributed by atoms with E-state index in [-0.39, 0.29) is 5.91 Å². The molecule has 1 amide bonds. The number of benzene rings is 2. The fraction of sp³-hybridized carbons (Fsp3) is 0.222. The molecule has 6 heteroatoms. The number of nitrogens with one attached hydrogen (secondary N) is 3. The van der Waals surface area contributed by atoms with Crippen molar-refractivity contribution in [3.63, 3.8) is 0 Å². The molecule has 0 spiro atoms. The topological polar surface area (TPSA) is 65.5 Å². The second kappa shape index (κ2) is 7.51. The Morgan fingerprint density at radius 3 is 2.38 bits per heavy atom. The highest BCUT2D eigenvalue weighted by atomic mass is 32.2. The molecule has 2 aromatic rings. The van der Waals surface area contributed by atoms with Gasteiger partial charge in [-0.15, -0.1) is 0 Å². The molecule has 5 nitrogen and oxygen atoms in total. The van der Waals surface area contributed by atoms with Gasteiger partial charge in [-0.3, -0.25) is 15.5 Å². The SMILES string of the molecule is CCS[C@]1(NCc2ccccc2)NN=C(c2ccccc2)C(=O)N1. The number of rotatable bonds is 6. The van der Waals surface area contributed by atoms with Crippen LogP contribution in [0.2, 0.25) is 0 Å². The molecule has 0 fully saturated rings. The molecule has 1 atom stereocenters. The molecule has 1 aliphatic rings. The number of hydrogen-bond acceptors (Lipinski definition) is 5. The summed E-state index contributed by atoms with van der Waals surface area (Å²) in [6.45, 7) is 2.66. The van der Waals surface area contributed by atoms with Crippen LogP contribution in [-0.2, 0) is 11.3 Å². The van der Waals surface area contributed by atoms with E-state index < -0.39 is 5.12 Å². The smallest absolute Gasteiger partial charge is 0.275 e. The van der Waals surface area contributed by atoms with Crippen molar-refractivity contribution in [3.8, 4) is 0 Å². The molecule has 1 heterocycles. The molecule has 2 aromatic carbocycles. The largest absolute Gasteiger partial charge is 0.305 e. The first-order valence-electron chi connectivity index (χ1n) is 7.88. The van der Waals surface area contributed by atoms with Crippen molar-refractivity contribution < 1.29 is 4.79 Å². The van der Waals surface area contributed by atoms with Gasteiger partial charge in [-0.1, -0.05) is 79.3 Å². The van der Waals surface area contributed by atoms with E-state index in [4.69, 9.17) is 0 Å². The molecule has 124 valence electrons. The molecule has 1 aliphatic heterocycles. The van der Waals surface area contributed by atoms with Gasteiger partial charge in [-0.05, 0) is 11.3 Å². The Hall–Kier alpha value is -2.31. The minimum absolute atomic E-state index is 0.193. The summed E-state index contributed by atoms with van der Waals surface area (Å²) >= 11 is 1.56. The lowest BCUT2D eigenvalue weighted by Crippen LogP contribution is -2.67. The Kier molecular flexibility index (Phi) is 5.17. The second-order valence-corrected chi connectivity index (χ2v) is 6.82. The van der Waals surface area contributed by atoms with Gasteiger partial charge in [0.2, 0.25) is 5.12 Å². The molecule has 0 radical (unpaired) electrons. The standard InChI is InChI=1S/C18H20N4OS/c1-2-24-18(19-13-14-9-5-3-6-10-14)20-17(23)16(21-22-18)15-11-7-4-8-12-15/h3-12,19,22H,2,13H2,1H3,(H,20,23)/t18-/m0/s1. The maximum Gasteiger partial charge on any atom is 0.275 e. The summed E-state index contributed by atoms with van der Waals surface area (Å²) < 4.78 is 0. The van der Waals surface area contributed by atoms with E-state index in [2.05, 4.69) is 21.2 Å². The summed E-state index contributed by atoms with van der Waals surface area (Å²) in [5.74, 6) is 0.632. The van der Waals surface area contributed by atoms with Crippen LogP contribution in [0.5, 0.6) is 0 Å². The average Bonchev–Trinajstić information content (AvgIpc) is 2.62. The summed E-state index contributed by atoms with van der Waals surface area (Å²) in [5.41, 5.74) is 5.42. The van der Waals surface area contributed by atoms with Crippen molar-refractivity contribution in [3.05, 3.63) is 71.8 Å². The zero-order valence-electron chi connectivity index (χ0n) is 13.5. The molecule has 0 saturated heterocycles. The maximum absolute atomic E-state index is 12.6. The van der Waals surface area contributed by atoms with Crippen LogP contribution in [0.4, 0.5) is 0 Å². The normalized spacial score (nSPS) is 20.0. The van der Waals surface area contributed by atoms with E-state index in [0.29, 0.717) is 12.3 Å². The monoisotopic (exact) mass is 340 g/mol. The Bertz CT molecular complexity index is 720. The number of carbonyl (C=O) groups excluding carboxylic acids is 1. The van der Waals surface area contributed by atoms with Gasteiger partial charge in [-0.2, -0.15) is 5.10 Å². The molecule has 0 bridgehead atoms. The number of thioether (sulfide) groups is 1. The quantitative estimate of drug-likeness (QED) is 0.706. The Morgan fingerprint density at radius 1 is 1.08 bits per heavy atom. The third-order valence-electron chi connectivity index (χ3n) is 3.62. The van der Waals surface area contributed by atoms with Crippen molar-refractivity contribution in [1.82, 2.24) is 16.1 Å². The molecule has 24 heavy (non-hydrogen) atoms. The van der Waals surface area contributed by atoms with Gasteiger partial charge in [0.1, 0.15) is 0 Å². The summed E-state index contributed by atoms with van der Waals surface area (Å²) in [6.07, 6.45) is 0. The Labute approximate surface area is 145 Å². The van der Waals surface area contributed by atoms with E-state index in [1.807, 2.05) is 67.6 Å². The molecular weight excluding hydrogens is 320 g/mol. The lowest BCUT2D eigenvalue weighted by atomic mass is 10.1. The van der Waals surface area contributed by atoms with Crippen LogP contribution < -0.4 is 16.1 Å². The highest BCUT2D eigenvalue weighted by Crippen LogP contribution is 2.20. The van der Waals surface area contributed by atoms with Crippen molar-refractivity contribution in [2.45, 2.75) is 18.6 Å². The fourth-order valence-corrected chi connectivity index (χ4v) is 3.35. The van der Waals surface area contributed by atoms with Gasteiger partial charge in [0, 0.05) is 12.1 Å². The number of amides is 1. The number of hydrogen-bond donors (Lipinski definition) is 3. The highest BCUT2D eigenvalue weighted by molar-refractivity contribution is 8.00.